The number of carbonyl (C=O) groups is 2. The van der Waals surface area contributed by atoms with E-state index in [1.165, 1.54) is 0 Å². The highest BCUT2D eigenvalue weighted by molar-refractivity contribution is 6.25. The van der Waals surface area contributed by atoms with E-state index in [1.54, 1.807) is 49.5 Å². The predicted molar refractivity (Wildman–Crippen MR) is 230 cm³/mol. The second-order valence-electron chi connectivity index (χ2n) is 18.0. The summed E-state index contributed by atoms with van der Waals surface area (Å²) in [5, 5.41) is 96.8. The lowest BCUT2D eigenvalue weighted by atomic mass is 9.51. The van der Waals surface area contributed by atoms with Crippen LogP contribution in [-0.4, -0.2) is 125 Å². The summed E-state index contributed by atoms with van der Waals surface area (Å²) in [4.78, 5) is 27.3. The van der Waals surface area contributed by atoms with E-state index < -0.39 is 65.8 Å². The monoisotopic (exact) mass is 841 g/mol. The molecular weight excluding hydrogens is 769 g/mol. The second-order valence-corrected chi connectivity index (χ2v) is 18.0. The molecule has 0 aromatic rings. The summed E-state index contributed by atoms with van der Waals surface area (Å²) in [6.07, 6.45) is 12.9. The van der Waals surface area contributed by atoms with Gasteiger partial charge in [-0.05, 0) is 101 Å². The number of nitrogens with zero attached hydrogens (tertiary/aromatic N) is 1. The maximum atomic E-state index is 12.8. The number of guanidine groups is 1. The zero-order valence-corrected chi connectivity index (χ0v) is 36.0. The summed E-state index contributed by atoms with van der Waals surface area (Å²) in [5.74, 6) is -3.01. The van der Waals surface area contributed by atoms with Crippen LogP contribution in [0.1, 0.15) is 98.8 Å². The van der Waals surface area contributed by atoms with Gasteiger partial charge in [-0.15, -0.1) is 0 Å². The topological polar surface area (TPSA) is 261 Å². The molecule has 0 spiro atoms. The average molecular weight is 841 g/mol. The Labute approximate surface area is 355 Å². The largest absolute Gasteiger partial charge is 0.511 e. The van der Waals surface area contributed by atoms with Crippen molar-refractivity contribution in [2.45, 2.75) is 148 Å². The number of amides is 1. The van der Waals surface area contributed by atoms with Crippen LogP contribution >= 0.6 is 0 Å². The van der Waals surface area contributed by atoms with Gasteiger partial charge in [-0.2, -0.15) is 0 Å². The van der Waals surface area contributed by atoms with Gasteiger partial charge >= 0.3 is 0 Å². The average Bonchev–Trinajstić information content (AvgIpc) is 3.81. The van der Waals surface area contributed by atoms with Gasteiger partial charge < -0.3 is 56.8 Å². The third kappa shape index (κ3) is 12.0. The van der Waals surface area contributed by atoms with Gasteiger partial charge in [0.1, 0.15) is 11.3 Å². The number of carbonyl (C=O) groups excluding carboxylic acids is 2. The molecule has 4 aliphatic rings. The number of hydrogen-bond donors (Lipinski definition) is 11. The quantitative estimate of drug-likeness (QED) is 0.0224. The van der Waals surface area contributed by atoms with Gasteiger partial charge in [-0.1, -0.05) is 75.0 Å². The van der Waals surface area contributed by atoms with Crippen molar-refractivity contribution in [3.05, 3.63) is 71.1 Å². The first-order valence-corrected chi connectivity index (χ1v) is 21.8. The minimum atomic E-state index is -1.08. The summed E-state index contributed by atoms with van der Waals surface area (Å²) in [5.41, 5.74) is 5.87. The molecule has 0 radical (unpaired) electrons. The van der Waals surface area contributed by atoms with Crippen LogP contribution in [0.15, 0.2) is 71.1 Å². The number of rotatable bonds is 19. The molecule has 2 saturated heterocycles. The fourth-order valence-electron chi connectivity index (χ4n) is 9.89. The Morgan fingerprint density at radius 1 is 1.00 bits per heavy atom. The molecule has 2 aliphatic carbocycles. The van der Waals surface area contributed by atoms with Gasteiger partial charge in [-0.25, -0.2) is 0 Å². The molecule has 60 heavy (non-hydrogen) atoms. The molecule has 4 rings (SSSR count). The minimum absolute atomic E-state index is 0.0272. The summed E-state index contributed by atoms with van der Waals surface area (Å²) in [6, 6.07) is 0.0535. The highest BCUT2D eigenvalue weighted by Crippen LogP contribution is 2.58. The number of allylic oxidation sites excluding steroid dienone is 2. The summed E-state index contributed by atoms with van der Waals surface area (Å²) in [6.45, 7) is 9.83. The van der Waals surface area contributed by atoms with Crippen molar-refractivity contribution < 1.29 is 50.4 Å². The van der Waals surface area contributed by atoms with E-state index in [-0.39, 0.29) is 66.4 Å². The number of Topliss-reactive ketones (excluding diaryl/α,β-unsaturated/α-hetero) is 1. The molecule has 14 atom stereocenters. The lowest BCUT2D eigenvalue weighted by Gasteiger charge is -2.54. The SMILES string of the molecule is CC1=CC2C(O)C(O)CCC2C(C)(C(O)=C2C(=O)CNC2=O)C1CCC(C)C(O)/C(C)=C/CC(O)/C=C/C(C)C(O)/C=C/CC(O)/C=C/CC(O)CC1CCCN1C(=N)N. The first-order chi connectivity index (χ1) is 28.3. The van der Waals surface area contributed by atoms with Crippen molar-refractivity contribution in [1.29, 1.82) is 5.41 Å². The summed E-state index contributed by atoms with van der Waals surface area (Å²) in [7, 11) is 0. The van der Waals surface area contributed by atoms with E-state index in [2.05, 4.69) is 5.32 Å². The molecule has 2 aliphatic heterocycles. The van der Waals surface area contributed by atoms with Gasteiger partial charge in [0, 0.05) is 29.8 Å². The van der Waals surface area contributed by atoms with Gasteiger partial charge in [-0.3, -0.25) is 15.0 Å². The lowest BCUT2D eigenvalue weighted by Crippen LogP contribution is -2.53. The Bertz CT molecular complexity index is 1670. The standard InChI is InChI=1S/C46H72N4O10/c1-26(37(54)13-7-11-31(51)10-6-12-33(53)24-30-9-8-22-50(30)45(47)48)14-17-32(52)18-15-27(2)41(57)28(3)16-19-35-29(4)23-34-36(20-21-38(55)42(34)58)46(35,5)43(59)40-39(56)25-49-44(40)60/h6-7,10,13-15,17,23,26,28,30-38,41-42,51-55,57-59H,8-9,11-12,16,18-22,24-25H2,1-5H3,(H3,47,48)(H,49,60)/b10-6+,13-7+,17-14+,27-15+,43-40?. The third-order valence-corrected chi connectivity index (χ3v) is 13.7. The highest BCUT2D eigenvalue weighted by atomic mass is 16.3. The molecule has 0 bridgehead atoms. The molecular formula is C46H72N4O10. The molecule has 14 heteroatoms. The van der Waals surface area contributed by atoms with Crippen LogP contribution in [0.5, 0.6) is 0 Å². The molecule has 3 fully saturated rings. The first kappa shape index (κ1) is 49.0. The number of ketones is 1. The molecule has 1 saturated carbocycles. The smallest absolute Gasteiger partial charge is 0.258 e. The Balaban J connectivity index is 1.26. The normalized spacial score (nSPS) is 32.2. The van der Waals surface area contributed by atoms with Gasteiger partial charge in [0.25, 0.3) is 5.91 Å². The van der Waals surface area contributed by atoms with E-state index in [4.69, 9.17) is 11.1 Å². The Hall–Kier alpha value is -3.63. The fraction of sp³-hybridized carbons (Fsp3) is 0.674. The summed E-state index contributed by atoms with van der Waals surface area (Å²) < 4.78 is 0. The molecule has 2 heterocycles. The van der Waals surface area contributed by atoms with Gasteiger partial charge in [0.15, 0.2) is 11.7 Å². The lowest BCUT2D eigenvalue weighted by molar-refractivity contribution is -0.118. The van der Waals surface area contributed by atoms with Gasteiger partial charge in [0.2, 0.25) is 0 Å². The van der Waals surface area contributed by atoms with E-state index in [9.17, 15) is 50.4 Å². The maximum Gasteiger partial charge on any atom is 0.258 e. The number of likely N-dealkylation sites (tertiary alicyclic amines) is 1. The van der Waals surface area contributed by atoms with Crippen LogP contribution in [0.3, 0.4) is 0 Å². The Morgan fingerprint density at radius 3 is 2.35 bits per heavy atom. The molecule has 12 N–H and O–H groups in total. The third-order valence-electron chi connectivity index (χ3n) is 13.7. The van der Waals surface area contributed by atoms with E-state index in [0.717, 1.165) is 25.0 Å². The molecule has 0 aromatic carbocycles. The Morgan fingerprint density at radius 2 is 1.68 bits per heavy atom. The predicted octanol–water partition coefficient (Wildman–Crippen LogP) is 3.22. The molecule has 336 valence electrons. The fourth-order valence-corrected chi connectivity index (χ4v) is 9.89. The van der Waals surface area contributed by atoms with Crippen LogP contribution in [0.25, 0.3) is 0 Å². The van der Waals surface area contributed by atoms with Crippen LogP contribution in [0.4, 0.5) is 0 Å². The second kappa shape index (κ2) is 21.9. The van der Waals surface area contributed by atoms with Crippen molar-refractivity contribution in [2.75, 3.05) is 13.1 Å². The van der Waals surface area contributed by atoms with Crippen LogP contribution < -0.4 is 11.1 Å². The van der Waals surface area contributed by atoms with Crippen molar-refractivity contribution in [3.8, 4) is 0 Å². The number of aliphatic hydroxyl groups excluding tert-OH is 8. The highest BCUT2D eigenvalue weighted by Gasteiger charge is 2.56. The van der Waals surface area contributed by atoms with Gasteiger partial charge in [0.05, 0.1) is 49.3 Å². The van der Waals surface area contributed by atoms with Crippen molar-refractivity contribution >= 4 is 17.6 Å². The van der Waals surface area contributed by atoms with E-state index >= 15 is 0 Å². The van der Waals surface area contributed by atoms with Crippen LogP contribution in [0, 0.1) is 40.4 Å². The molecule has 1 amide bonds. The number of aliphatic hydroxyl groups is 8. The number of nitrogens with one attached hydrogen (secondary N) is 2. The van der Waals surface area contributed by atoms with E-state index in [0.29, 0.717) is 44.1 Å². The minimum Gasteiger partial charge on any atom is -0.511 e. The van der Waals surface area contributed by atoms with Crippen molar-refractivity contribution in [1.82, 2.24) is 10.2 Å². The molecule has 14 unspecified atom stereocenters. The Kier molecular flexibility index (Phi) is 17.9. The first-order valence-electron chi connectivity index (χ1n) is 21.8. The maximum absolute atomic E-state index is 12.8. The van der Waals surface area contributed by atoms with Crippen molar-refractivity contribution in [3.63, 3.8) is 0 Å². The molecule has 0 aromatic heterocycles. The number of fused-ring (bicyclic) bond motifs is 1. The van der Waals surface area contributed by atoms with E-state index in [1.807, 2.05) is 38.7 Å². The zero-order valence-electron chi connectivity index (χ0n) is 36.0. The molecule has 14 nitrogen and oxygen atoms in total. The van der Waals surface area contributed by atoms with Crippen LogP contribution in [0.2, 0.25) is 0 Å². The number of nitrogens with two attached hydrogens (primary N) is 1. The van der Waals surface area contributed by atoms with Crippen molar-refractivity contribution in [2.24, 2.45) is 40.7 Å². The number of hydrogen-bond acceptors (Lipinski definition) is 11. The zero-order chi connectivity index (χ0) is 44.5. The summed E-state index contributed by atoms with van der Waals surface area (Å²) >= 11 is 0. The van der Waals surface area contributed by atoms with Crippen LogP contribution in [-0.2, 0) is 9.59 Å².